The predicted molar refractivity (Wildman–Crippen MR) is 131 cm³/mol. The van der Waals surface area contributed by atoms with Crippen LogP contribution in [0.3, 0.4) is 0 Å². The van der Waals surface area contributed by atoms with E-state index in [0.717, 1.165) is 49.7 Å². The van der Waals surface area contributed by atoms with Gasteiger partial charge in [-0.2, -0.15) is 0 Å². The molecule has 1 unspecified atom stereocenters. The summed E-state index contributed by atoms with van der Waals surface area (Å²) in [4.78, 5) is 10.6. The Kier molecular flexibility index (Phi) is 10.7. The number of unbranched alkanes of at least 4 members (excludes halogenated alkanes) is 3. The number of carboxylic acid groups (broad SMARTS) is 1. The van der Waals surface area contributed by atoms with E-state index in [-0.39, 0.29) is 35.2 Å². The minimum Gasteiger partial charge on any atom is -0.481 e. The Morgan fingerprint density at radius 2 is 1.88 bits per heavy atom. The quantitative estimate of drug-likeness (QED) is 0.185. The van der Waals surface area contributed by atoms with Crippen LogP contribution >= 0.6 is 11.6 Å². The van der Waals surface area contributed by atoms with Crippen molar-refractivity contribution in [2.45, 2.75) is 107 Å². The molecule has 1 aromatic carbocycles. The Bertz CT molecular complexity index is 728. The molecule has 0 spiro atoms. The Balaban J connectivity index is 2.05. The Labute approximate surface area is 198 Å². The Morgan fingerprint density at radius 3 is 2.50 bits per heavy atom. The summed E-state index contributed by atoms with van der Waals surface area (Å²) in [6.07, 6.45) is 10.3. The van der Waals surface area contributed by atoms with Crippen LogP contribution in [-0.2, 0) is 10.2 Å². The lowest BCUT2D eigenvalue weighted by Gasteiger charge is -2.32. The van der Waals surface area contributed by atoms with E-state index in [9.17, 15) is 15.0 Å². The van der Waals surface area contributed by atoms with Crippen molar-refractivity contribution in [1.82, 2.24) is 0 Å². The molecule has 0 saturated heterocycles. The summed E-state index contributed by atoms with van der Waals surface area (Å²) in [5, 5.41) is 30.1. The number of carboxylic acids is 1. The fraction of sp³-hybridized carbons (Fsp3) is 0.667. The van der Waals surface area contributed by atoms with Crippen LogP contribution < -0.4 is 0 Å². The Morgan fingerprint density at radius 1 is 1.19 bits per heavy atom. The highest BCUT2D eigenvalue weighted by Gasteiger charge is 2.41. The van der Waals surface area contributed by atoms with Crippen molar-refractivity contribution in [2.75, 3.05) is 0 Å². The van der Waals surface area contributed by atoms with Crippen molar-refractivity contribution in [3.63, 3.8) is 0 Å². The van der Waals surface area contributed by atoms with Crippen LogP contribution in [0.4, 0.5) is 0 Å². The number of rotatable bonds is 13. The molecular weight excluding hydrogens is 424 g/mol. The third-order valence-corrected chi connectivity index (χ3v) is 7.60. The average Bonchev–Trinajstić information content (AvgIpc) is 3.03. The zero-order valence-electron chi connectivity index (χ0n) is 19.8. The first-order chi connectivity index (χ1) is 15.2. The molecule has 2 rings (SSSR count). The molecule has 0 aliphatic heterocycles. The molecule has 1 aliphatic carbocycles. The molecule has 3 N–H and O–H groups in total. The highest BCUT2D eigenvalue weighted by molar-refractivity contribution is 6.21. The lowest BCUT2D eigenvalue weighted by Crippen LogP contribution is -2.33. The van der Waals surface area contributed by atoms with Crippen molar-refractivity contribution in [3.05, 3.63) is 47.5 Å². The summed E-state index contributed by atoms with van der Waals surface area (Å²) < 4.78 is 0. The molecule has 0 amide bonds. The number of allylic oxidation sites excluding steroid dienone is 2. The van der Waals surface area contributed by atoms with Gasteiger partial charge >= 0.3 is 5.97 Å². The van der Waals surface area contributed by atoms with Crippen molar-refractivity contribution in [2.24, 2.45) is 5.92 Å². The van der Waals surface area contributed by atoms with Crippen LogP contribution in [0, 0.1) is 5.92 Å². The molecule has 4 nitrogen and oxygen atoms in total. The molecule has 0 aromatic heterocycles. The average molecular weight is 465 g/mol. The van der Waals surface area contributed by atoms with Gasteiger partial charge in [-0.3, -0.25) is 4.79 Å². The molecule has 0 radical (unpaired) electrons. The molecule has 1 saturated carbocycles. The van der Waals surface area contributed by atoms with Crippen LogP contribution in [-0.4, -0.2) is 38.9 Å². The summed E-state index contributed by atoms with van der Waals surface area (Å²) >= 11 is 6.60. The summed E-state index contributed by atoms with van der Waals surface area (Å²) in [6.45, 7) is 6.35. The van der Waals surface area contributed by atoms with Crippen LogP contribution in [0.5, 0.6) is 0 Å². The smallest absolute Gasteiger partial charge is 0.303 e. The van der Waals surface area contributed by atoms with Gasteiger partial charge in [0, 0.05) is 23.1 Å². The lowest BCUT2D eigenvalue weighted by molar-refractivity contribution is -0.137. The first kappa shape index (κ1) is 26.9. The summed E-state index contributed by atoms with van der Waals surface area (Å²) in [5.41, 5.74) is 1.87. The zero-order valence-corrected chi connectivity index (χ0v) is 20.6. The standard InChI is InChI=1S/C27H41ClO4/c1-4-5-8-12-24(30)27(2,3)20-16-14-19(15-17-20)26-21(22(28)18-23(26)29)11-9-6-7-10-13-25(31)32/h6,9,14-17,21-24,26,29-30H,4-5,7-8,10-13,18H2,1-3H3,(H,31,32)/b9-6-/t21-,22-,23+,24?,26+/m0/s1. The van der Waals surface area contributed by atoms with E-state index in [4.69, 9.17) is 16.7 Å². The molecule has 0 bridgehead atoms. The molecule has 0 heterocycles. The maximum atomic E-state index is 10.7. The van der Waals surface area contributed by atoms with Gasteiger partial charge in [0.15, 0.2) is 0 Å². The van der Waals surface area contributed by atoms with Crippen molar-refractivity contribution < 1.29 is 20.1 Å². The molecule has 32 heavy (non-hydrogen) atoms. The van der Waals surface area contributed by atoms with Gasteiger partial charge in [-0.05, 0) is 49.1 Å². The summed E-state index contributed by atoms with van der Waals surface area (Å²) in [5.74, 6) is -0.646. The SMILES string of the molecule is CCCCCC(O)C(C)(C)c1ccc([C@@H]2[C@@H](C/C=C\CCCC(=O)O)[C@@H](Cl)C[C@H]2O)cc1. The predicted octanol–water partition coefficient (Wildman–Crippen LogP) is 6.18. The normalized spacial score (nSPS) is 24.8. The molecule has 5 heteroatoms. The largest absolute Gasteiger partial charge is 0.481 e. The van der Waals surface area contributed by atoms with Crippen LogP contribution in [0.2, 0.25) is 0 Å². The fourth-order valence-corrected chi connectivity index (χ4v) is 5.29. The van der Waals surface area contributed by atoms with E-state index < -0.39 is 12.1 Å². The van der Waals surface area contributed by atoms with Crippen molar-refractivity contribution in [3.8, 4) is 0 Å². The van der Waals surface area contributed by atoms with E-state index >= 15 is 0 Å². The second-order valence-electron chi connectivity index (χ2n) is 9.86. The number of alkyl halides is 1. The minimum atomic E-state index is -0.765. The zero-order chi connectivity index (χ0) is 23.7. The van der Waals surface area contributed by atoms with Crippen LogP contribution in [0.25, 0.3) is 0 Å². The van der Waals surface area contributed by atoms with Gasteiger partial charge in [0.05, 0.1) is 12.2 Å². The van der Waals surface area contributed by atoms with Gasteiger partial charge in [-0.15, -0.1) is 11.6 Å². The number of aliphatic hydroxyl groups is 2. The van der Waals surface area contributed by atoms with Gasteiger partial charge in [0.2, 0.25) is 0 Å². The number of aliphatic hydroxyl groups excluding tert-OH is 2. The van der Waals surface area contributed by atoms with Gasteiger partial charge in [-0.1, -0.05) is 76.5 Å². The maximum Gasteiger partial charge on any atom is 0.303 e. The Hall–Kier alpha value is -1.36. The number of halogens is 1. The second-order valence-corrected chi connectivity index (χ2v) is 10.4. The summed E-state index contributed by atoms with van der Waals surface area (Å²) in [6, 6.07) is 8.35. The van der Waals surface area contributed by atoms with Gasteiger partial charge in [0.1, 0.15) is 0 Å². The monoisotopic (exact) mass is 464 g/mol. The molecule has 180 valence electrons. The third kappa shape index (κ3) is 7.33. The molecule has 1 aromatic rings. The number of benzene rings is 1. The topological polar surface area (TPSA) is 77.8 Å². The number of hydrogen-bond donors (Lipinski definition) is 3. The molecule has 1 aliphatic rings. The minimum absolute atomic E-state index is 0.0205. The third-order valence-electron chi connectivity index (χ3n) is 7.10. The number of aliphatic carboxylic acids is 1. The van der Waals surface area contributed by atoms with E-state index in [0.29, 0.717) is 12.8 Å². The first-order valence-corrected chi connectivity index (χ1v) is 12.6. The van der Waals surface area contributed by atoms with Crippen molar-refractivity contribution >= 4 is 17.6 Å². The van der Waals surface area contributed by atoms with E-state index in [2.05, 4.69) is 51.1 Å². The van der Waals surface area contributed by atoms with Crippen LogP contribution in [0.1, 0.15) is 95.6 Å². The van der Waals surface area contributed by atoms with Crippen molar-refractivity contribution in [1.29, 1.82) is 0 Å². The molecular formula is C27H41ClO4. The van der Waals surface area contributed by atoms with Crippen LogP contribution in [0.15, 0.2) is 36.4 Å². The van der Waals surface area contributed by atoms with Gasteiger partial charge in [0.25, 0.3) is 0 Å². The lowest BCUT2D eigenvalue weighted by atomic mass is 9.76. The van der Waals surface area contributed by atoms with E-state index in [1.54, 1.807) is 0 Å². The summed E-state index contributed by atoms with van der Waals surface area (Å²) in [7, 11) is 0. The second kappa shape index (κ2) is 12.8. The molecule has 5 atom stereocenters. The fourth-order valence-electron chi connectivity index (χ4n) is 4.84. The highest BCUT2D eigenvalue weighted by atomic mass is 35.5. The van der Waals surface area contributed by atoms with Gasteiger partial charge < -0.3 is 15.3 Å². The number of carbonyl (C=O) groups is 1. The van der Waals surface area contributed by atoms with E-state index in [1.807, 2.05) is 6.08 Å². The highest BCUT2D eigenvalue weighted by Crippen LogP contribution is 2.45. The van der Waals surface area contributed by atoms with E-state index in [1.165, 1.54) is 0 Å². The molecule has 1 fully saturated rings. The maximum absolute atomic E-state index is 10.7. The first-order valence-electron chi connectivity index (χ1n) is 12.2. The van der Waals surface area contributed by atoms with Gasteiger partial charge in [-0.25, -0.2) is 0 Å². The number of hydrogen-bond acceptors (Lipinski definition) is 3.